The van der Waals surface area contributed by atoms with Gasteiger partial charge in [-0.25, -0.2) is 0 Å². The molecule has 1 unspecified atom stereocenters. The molecule has 1 aromatic carbocycles. The van der Waals surface area contributed by atoms with Crippen LogP contribution in [0.25, 0.3) is 0 Å². The standard InChI is InChI=1S/C26H33N3O8/c30-20-14-13-18(24(34)28-20)29-25(35)17-10-9-11-19(23(17)26(29)36)37-16-21(31)27-15-8-6-4-2-1-3-5-7-12-22(32)33/h9-11,18H,1-8,12-16H2,(H,27,31)(H,32,33)(H,28,30,34). The Balaban J connectivity index is 1.38. The third-order valence-electron chi connectivity index (χ3n) is 6.43. The topological polar surface area (TPSA) is 159 Å². The molecule has 1 saturated heterocycles. The van der Waals surface area contributed by atoms with Gasteiger partial charge in [0.1, 0.15) is 11.8 Å². The second-order valence-corrected chi connectivity index (χ2v) is 9.24. The minimum absolute atomic E-state index is 0.00737. The fourth-order valence-corrected chi connectivity index (χ4v) is 4.49. The van der Waals surface area contributed by atoms with Crippen molar-refractivity contribution in [1.82, 2.24) is 15.5 Å². The van der Waals surface area contributed by atoms with E-state index in [1.54, 1.807) is 0 Å². The van der Waals surface area contributed by atoms with Gasteiger partial charge in [0.05, 0.1) is 11.1 Å². The number of ether oxygens (including phenoxy) is 1. The normalized spacial score (nSPS) is 17.0. The van der Waals surface area contributed by atoms with Gasteiger partial charge in [-0.15, -0.1) is 0 Å². The number of carbonyl (C=O) groups is 6. The molecule has 11 heteroatoms. The lowest BCUT2D eigenvalue weighted by molar-refractivity contribution is -0.138. The molecule has 2 heterocycles. The Morgan fingerprint density at radius 3 is 2.32 bits per heavy atom. The monoisotopic (exact) mass is 515 g/mol. The van der Waals surface area contributed by atoms with Gasteiger partial charge >= 0.3 is 5.97 Å². The van der Waals surface area contributed by atoms with Crippen molar-refractivity contribution in [2.45, 2.75) is 76.7 Å². The molecule has 3 N–H and O–H groups in total. The summed E-state index contributed by atoms with van der Waals surface area (Å²) < 4.78 is 5.56. The van der Waals surface area contributed by atoms with Crippen LogP contribution in [-0.2, 0) is 19.2 Å². The van der Waals surface area contributed by atoms with Crippen LogP contribution >= 0.6 is 0 Å². The predicted octanol–water partition coefficient (Wildman–Crippen LogP) is 2.18. The second kappa shape index (κ2) is 13.5. The van der Waals surface area contributed by atoms with Gasteiger partial charge < -0.3 is 15.2 Å². The van der Waals surface area contributed by atoms with E-state index in [1.807, 2.05) is 0 Å². The average Bonchev–Trinajstić information content (AvgIpc) is 3.11. The van der Waals surface area contributed by atoms with E-state index in [-0.39, 0.29) is 48.7 Å². The highest BCUT2D eigenvalue weighted by Crippen LogP contribution is 2.33. The Morgan fingerprint density at radius 1 is 0.973 bits per heavy atom. The number of hydrogen-bond acceptors (Lipinski definition) is 7. The summed E-state index contributed by atoms with van der Waals surface area (Å²) in [6.45, 7) is 0.168. The zero-order chi connectivity index (χ0) is 26.8. The van der Waals surface area contributed by atoms with Gasteiger partial charge in [0.25, 0.3) is 17.7 Å². The number of unbranched alkanes of at least 4 members (excludes halogenated alkanes) is 7. The average molecular weight is 516 g/mol. The number of fused-ring (bicyclic) bond motifs is 1. The molecule has 37 heavy (non-hydrogen) atoms. The van der Waals surface area contributed by atoms with Gasteiger partial charge in [0, 0.05) is 19.4 Å². The van der Waals surface area contributed by atoms with Crippen LogP contribution in [-0.4, -0.2) is 64.7 Å². The summed E-state index contributed by atoms with van der Waals surface area (Å²) in [5.41, 5.74) is 0.0995. The lowest BCUT2D eigenvalue weighted by atomic mass is 10.0. The summed E-state index contributed by atoms with van der Waals surface area (Å²) in [5.74, 6) is -3.47. The van der Waals surface area contributed by atoms with Crippen LogP contribution < -0.4 is 15.4 Å². The summed E-state index contributed by atoms with van der Waals surface area (Å²) in [4.78, 5) is 73.0. The first kappa shape index (κ1) is 27.8. The molecule has 3 rings (SSSR count). The summed E-state index contributed by atoms with van der Waals surface area (Å²) in [6, 6.07) is 3.42. The van der Waals surface area contributed by atoms with Gasteiger partial charge in [0.2, 0.25) is 11.8 Å². The molecule has 5 amide bonds. The number of imide groups is 2. The maximum Gasteiger partial charge on any atom is 0.303 e. The van der Waals surface area contributed by atoms with E-state index < -0.39 is 35.6 Å². The summed E-state index contributed by atoms with van der Waals surface area (Å²) in [5, 5.41) is 13.5. The molecular formula is C26H33N3O8. The second-order valence-electron chi connectivity index (χ2n) is 9.24. The van der Waals surface area contributed by atoms with E-state index in [0.717, 1.165) is 56.3 Å². The molecule has 1 atom stereocenters. The molecule has 1 aromatic rings. The van der Waals surface area contributed by atoms with E-state index in [9.17, 15) is 28.8 Å². The number of nitrogens with one attached hydrogen (secondary N) is 2. The maximum absolute atomic E-state index is 13.0. The zero-order valence-corrected chi connectivity index (χ0v) is 20.8. The molecule has 11 nitrogen and oxygen atoms in total. The van der Waals surface area contributed by atoms with Gasteiger partial charge in [-0.05, 0) is 31.4 Å². The summed E-state index contributed by atoms with van der Waals surface area (Å²) in [7, 11) is 0. The lowest BCUT2D eigenvalue weighted by Crippen LogP contribution is -2.54. The van der Waals surface area contributed by atoms with Crippen LogP contribution in [0.15, 0.2) is 18.2 Å². The Kier molecular flexibility index (Phi) is 10.2. The van der Waals surface area contributed by atoms with Gasteiger partial charge in [0.15, 0.2) is 6.61 Å². The third kappa shape index (κ3) is 7.61. The van der Waals surface area contributed by atoms with Crippen LogP contribution in [0.3, 0.4) is 0 Å². The van der Waals surface area contributed by atoms with Crippen molar-refractivity contribution in [3.63, 3.8) is 0 Å². The summed E-state index contributed by atoms with van der Waals surface area (Å²) >= 11 is 0. The molecule has 2 aliphatic rings. The predicted molar refractivity (Wildman–Crippen MR) is 131 cm³/mol. The van der Waals surface area contributed by atoms with Crippen LogP contribution in [0.1, 0.15) is 91.3 Å². The molecule has 0 spiro atoms. The van der Waals surface area contributed by atoms with Gasteiger partial charge in [-0.2, -0.15) is 0 Å². The van der Waals surface area contributed by atoms with Crippen LogP contribution in [0.5, 0.6) is 5.75 Å². The van der Waals surface area contributed by atoms with Crippen molar-refractivity contribution < 1.29 is 38.6 Å². The molecule has 2 aliphatic heterocycles. The molecule has 0 bridgehead atoms. The van der Waals surface area contributed by atoms with Crippen molar-refractivity contribution in [2.24, 2.45) is 0 Å². The smallest absolute Gasteiger partial charge is 0.303 e. The number of nitrogens with zero attached hydrogens (tertiary/aromatic N) is 1. The number of amides is 5. The SMILES string of the molecule is O=C(O)CCCCCCCCCCNC(=O)COc1cccc2c1C(=O)N(C1CCC(=O)NC1=O)C2=O. The van der Waals surface area contributed by atoms with Crippen molar-refractivity contribution in [3.8, 4) is 5.75 Å². The van der Waals surface area contributed by atoms with E-state index in [2.05, 4.69) is 10.6 Å². The minimum Gasteiger partial charge on any atom is -0.483 e. The Bertz CT molecular complexity index is 1050. The molecule has 0 saturated carbocycles. The van der Waals surface area contributed by atoms with Crippen LogP contribution in [0, 0.1) is 0 Å². The summed E-state index contributed by atoms with van der Waals surface area (Å²) in [6.07, 6.45) is 7.98. The molecular weight excluding hydrogens is 482 g/mol. The van der Waals surface area contributed by atoms with Crippen molar-refractivity contribution in [3.05, 3.63) is 29.3 Å². The number of aliphatic carboxylic acids is 1. The highest BCUT2D eigenvalue weighted by atomic mass is 16.5. The third-order valence-corrected chi connectivity index (χ3v) is 6.43. The van der Waals surface area contributed by atoms with Crippen LogP contribution in [0.4, 0.5) is 0 Å². The Hall–Kier alpha value is -3.76. The Labute approximate surface area is 214 Å². The maximum atomic E-state index is 13.0. The van der Waals surface area contributed by atoms with E-state index >= 15 is 0 Å². The number of carboxylic acid groups (broad SMARTS) is 1. The fourth-order valence-electron chi connectivity index (χ4n) is 4.49. The number of benzene rings is 1. The van der Waals surface area contributed by atoms with Crippen molar-refractivity contribution in [2.75, 3.05) is 13.2 Å². The number of carboxylic acids is 1. The number of carbonyl (C=O) groups excluding carboxylic acids is 5. The molecule has 0 aliphatic carbocycles. The molecule has 200 valence electrons. The number of hydrogen-bond donors (Lipinski definition) is 3. The van der Waals surface area contributed by atoms with Crippen molar-refractivity contribution in [1.29, 1.82) is 0 Å². The molecule has 0 aromatic heterocycles. The van der Waals surface area contributed by atoms with E-state index in [4.69, 9.17) is 9.84 Å². The fraction of sp³-hybridized carbons (Fsp3) is 0.538. The number of piperidine rings is 1. The Morgan fingerprint density at radius 2 is 1.65 bits per heavy atom. The minimum atomic E-state index is -1.07. The van der Waals surface area contributed by atoms with E-state index in [0.29, 0.717) is 6.54 Å². The first-order valence-electron chi connectivity index (χ1n) is 12.8. The van der Waals surface area contributed by atoms with Crippen molar-refractivity contribution >= 4 is 35.5 Å². The largest absolute Gasteiger partial charge is 0.483 e. The first-order chi connectivity index (χ1) is 17.8. The van der Waals surface area contributed by atoms with E-state index in [1.165, 1.54) is 18.2 Å². The zero-order valence-electron chi connectivity index (χ0n) is 20.8. The quantitative estimate of drug-likeness (QED) is 0.237. The lowest BCUT2D eigenvalue weighted by Gasteiger charge is -2.27. The molecule has 0 radical (unpaired) electrons. The van der Waals surface area contributed by atoms with Gasteiger partial charge in [-0.3, -0.25) is 39.0 Å². The molecule has 1 fully saturated rings. The van der Waals surface area contributed by atoms with Crippen LogP contribution in [0.2, 0.25) is 0 Å². The highest BCUT2D eigenvalue weighted by Gasteiger charge is 2.46. The van der Waals surface area contributed by atoms with Gasteiger partial charge in [-0.1, -0.05) is 44.6 Å². The number of rotatable bonds is 15. The first-order valence-corrected chi connectivity index (χ1v) is 12.8. The highest BCUT2D eigenvalue weighted by molar-refractivity contribution is 6.24.